The summed E-state index contributed by atoms with van der Waals surface area (Å²) in [5.74, 6) is 0. The molecule has 0 saturated carbocycles. The summed E-state index contributed by atoms with van der Waals surface area (Å²) < 4.78 is 2.55. The van der Waals surface area contributed by atoms with Gasteiger partial charge >= 0.3 is 0 Å². The number of halogens is 2. The number of aryl methyl sites for hydroxylation is 1. The number of hydrogen-bond donors (Lipinski definition) is 0. The van der Waals surface area contributed by atoms with E-state index < -0.39 is 0 Å². The van der Waals surface area contributed by atoms with Gasteiger partial charge in [0.25, 0.3) is 0 Å². The topological polar surface area (TPSA) is 30.7 Å². The lowest BCUT2D eigenvalue weighted by atomic mass is 10.2. The third-order valence-electron chi connectivity index (χ3n) is 1.86. The lowest BCUT2D eigenvalue weighted by Gasteiger charge is -2.00. The van der Waals surface area contributed by atoms with Gasteiger partial charge in [-0.05, 0) is 29.0 Å². The second-order valence-corrected chi connectivity index (χ2v) is 4.33. The van der Waals surface area contributed by atoms with Crippen molar-refractivity contribution >= 4 is 34.2 Å². The molecule has 0 amide bonds. The molecule has 0 aliphatic carbocycles. The maximum atomic E-state index is 5.95. The fourth-order valence-electron chi connectivity index (χ4n) is 1.11. The van der Waals surface area contributed by atoms with E-state index in [1.165, 1.54) is 19.3 Å². The molecule has 1 aromatic rings. The van der Waals surface area contributed by atoms with Gasteiger partial charge in [-0.1, -0.05) is 43.0 Å². The highest BCUT2D eigenvalue weighted by molar-refractivity contribution is 14.1. The quantitative estimate of drug-likeness (QED) is 0.618. The van der Waals surface area contributed by atoms with E-state index in [1.807, 2.05) is 0 Å². The predicted octanol–water partition coefficient (Wildman–Crippen LogP) is 3.12. The summed E-state index contributed by atoms with van der Waals surface area (Å²) in [6, 6.07) is 0. The number of rotatable bonds is 5. The molecule has 13 heavy (non-hydrogen) atoms. The van der Waals surface area contributed by atoms with Crippen LogP contribution in [0.25, 0.3) is 0 Å². The normalized spacial score (nSPS) is 10.7. The van der Waals surface area contributed by atoms with Crippen molar-refractivity contribution in [1.82, 2.24) is 15.0 Å². The first-order chi connectivity index (χ1) is 6.25. The fourth-order valence-corrected chi connectivity index (χ4v) is 1.64. The zero-order chi connectivity index (χ0) is 9.68. The largest absolute Gasteiger partial charge is 0.233 e. The molecule has 1 aromatic heterocycles. The molecule has 0 fully saturated rings. The van der Waals surface area contributed by atoms with Crippen molar-refractivity contribution in [3.63, 3.8) is 0 Å². The van der Waals surface area contributed by atoms with Crippen LogP contribution < -0.4 is 0 Å². The summed E-state index contributed by atoms with van der Waals surface area (Å²) in [4.78, 5) is 0. The molecule has 0 aliphatic heterocycles. The average Bonchev–Trinajstić information content (AvgIpc) is 2.43. The highest BCUT2D eigenvalue weighted by Gasteiger charge is 2.05. The van der Waals surface area contributed by atoms with E-state index in [9.17, 15) is 0 Å². The molecule has 1 heterocycles. The van der Waals surface area contributed by atoms with E-state index in [-0.39, 0.29) is 0 Å². The molecule has 3 nitrogen and oxygen atoms in total. The Morgan fingerprint density at radius 2 is 2.15 bits per heavy atom. The third kappa shape index (κ3) is 3.42. The Morgan fingerprint density at radius 1 is 1.38 bits per heavy atom. The lowest BCUT2D eigenvalue weighted by molar-refractivity contribution is 0.528. The van der Waals surface area contributed by atoms with Crippen molar-refractivity contribution < 1.29 is 0 Å². The van der Waals surface area contributed by atoms with Crippen LogP contribution in [0, 0.1) is 3.70 Å². The van der Waals surface area contributed by atoms with Crippen molar-refractivity contribution in [2.75, 3.05) is 0 Å². The van der Waals surface area contributed by atoms with Gasteiger partial charge in [-0.25, -0.2) is 4.68 Å². The predicted molar refractivity (Wildman–Crippen MR) is 61.9 cm³/mol. The maximum Gasteiger partial charge on any atom is 0.162 e. The molecule has 5 heteroatoms. The molecule has 0 saturated heterocycles. The molecular weight excluding hydrogens is 300 g/mol. The SMILES string of the molecule is CCCCCCn1nnc(I)c1Cl. The smallest absolute Gasteiger partial charge is 0.162 e. The van der Waals surface area contributed by atoms with Gasteiger partial charge in [0.05, 0.1) is 0 Å². The van der Waals surface area contributed by atoms with Crippen LogP contribution in [0.1, 0.15) is 32.6 Å². The van der Waals surface area contributed by atoms with Crippen molar-refractivity contribution in [2.24, 2.45) is 0 Å². The molecule has 74 valence electrons. The van der Waals surface area contributed by atoms with Gasteiger partial charge in [0.1, 0.15) is 0 Å². The molecule has 0 radical (unpaired) electrons. The summed E-state index contributed by atoms with van der Waals surface area (Å²) in [7, 11) is 0. The Morgan fingerprint density at radius 3 is 2.69 bits per heavy atom. The van der Waals surface area contributed by atoms with Crippen LogP contribution in [0.5, 0.6) is 0 Å². The van der Waals surface area contributed by atoms with Crippen LogP contribution in [-0.4, -0.2) is 15.0 Å². The highest BCUT2D eigenvalue weighted by Crippen LogP contribution is 2.15. The number of unbranched alkanes of at least 4 members (excludes halogenated alkanes) is 3. The van der Waals surface area contributed by atoms with Gasteiger partial charge in [0.2, 0.25) is 0 Å². The van der Waals surface area contributed by atoms with Crippen molar-refractivity contribution in [1.29, 1.82) is 0 Å². The average molecular weight is 314 g/mol. The van der Waals surface area contributed by atoms with Crippen LogP contribution >= 0.6 is 34.2 Å². The molecule has 0 spiro atoms. The van der Waals surface area contributed by atoms with E-state index in [2.05, 4.69) is 39.8 Å². The number of aromatic nitrogens is 3. The zero-order valence-corrected chi connectivity index (χ0v) is 10.5. The lowest BCUT2D eigenvalue weighted by Crippen LogP contribution is -2.00. The maximum absolute atomic E-state index is 5.95. The van der Waals surface area contributed by atoms with E-state index in [4.69, 9.17) is 11.6 Å². The Kier molecular flexibility index (Phi) is 5.01. The summed E-state index contributed by atoms with van der Waals surface area (Å²) in [6.45, 7) is 3.08. The minimum Gasteiger partial charge on any atom is -0.233 e. The Labute approximate surface area is 97.0 Å². The molecular formula is C8H13ClIN3. The first-order valence-corrected chi connectivity index (χ1v) is 5.96. The monoisotopic (exact) mass is 313 g/mol. The van der Waals surface area contributed by atoms with Gasteiger partial charge in [-0.15, -0.1) is 5.10 Å². The van der Waals surface area contributed by atoms with Crippen molar-refractivity contribution in [3.8, 4) is 0 Å². The number of hydrogen-bond acceptors (Lipinski definition) is 2. The molecule has 0 bridgehead atoms. The van der Waals surface area contributed by atoms with Gasteiger partial charge in [-0.3, -0.25) is 0 Å². The Hall–Kier alpha value is 0.160. The van der Waals surface area contributed by atoms with Crippen LogP contribution in [0.15, 0.2) is 0 Å². The minimum atomic E-state index is 0.664. The van der Waals surface area contributed by atoms with Crippen LogP contribution in [0.4, 0.5) is 0 Å². The second-order valence-electron chi connectivity index (χ2n) is 2.95. The summed E-state index contributed by atoms with van der Waals surface area (Å²) in [5, 5.41) is 8.49. The van der Waals surface area contributed by atoms with Crippen LogP contribution in [0.3, 0.4) is 0 Å². The molecule has 1 rings (SSSR count). The van der Waals surface area contributed by atoms with Gasteiger partial charge in [0.15, 0.2) is 8.85 Å². The van der Waals surface area contributed by atoms with Gasteiger partial charge in [-0.2, -0.15) is 0 Å². The van der Waals surface area contributed by atoms with E-state index in [1.54, 1.807) is 4.68 Å². The Balaban J connectivity index is 2.32. The van der Waals surface area contributed by atoms with Crippen LogP contribution in [0.2, 0.25) is 5.15 Å². The fraction of sp³-hybridized carbons (Fsp3) is 0.750. The summed E-state index contributed by atoms with van der Waals surface area (Å²) in [5.41, 5.74) is 0. The zero-order valence-electron chi connectivity index (χ0n) is 7.63. The van der Waals surface area contributed by atoms with Gasteiger partial charge < -0.3 is 0 Å². The molecule has 0 unspecified atom stereocenters. The standard InChI is InChI=1S/C8H13ClIN3/c1-2-3-4-5-6-13-7(9)8(10)11-12-13/h2-6H2,1H3. The molecule has 0 N–H and O–H groups in total. The summed E-state index contributed by atoms with van der Waals surface area (Å²) in [6.07, 6.45) is 4.91. The first kappa shape index (κ1) is 11.2. The molecule has 0 atom stereocenters. The first-order valence-electron chi connectivity index (χ1n) is 4.50. The van der Waals surface area contributed by atoms with E-state index >= 15 is 0 Å². The minimum absolute atomic E-state index is 0.664. The highest BCUT2D eigenvalue weighted by atomic mass is 127. The van der Waals surface area contributed by atoms with Crippen LogP contribution in [-0.2, 0) is 6.54 Å². The second kappa shape index (κ2) is 5.80. The molecule has 0 aromatic carbocycles. The number of nitrogens with zero attached hydrogens (tertiary/aromatic N) is 3. The molecule has 0 aliphatic rings. The van der Waals surface area contributed by atoms with E-state index in [0.29, 0.717) is 5.15 Å². The van der Waals surface area contributed by atoms with Gasteiger partial charge in [0, 0.05) is 6.54 Å². The van der Waals surface area contributed by atoms with E-state index in [0.717, 1.165) is 16.7 Å². The third-order valence-corrected chi connectivity index (χ3v) is 3.28. The van der Waals surface area contributed by atoms with Crippen molar-refractivity contribution in [3.05, 3.63) is 8.85 Å². The summed E-state index contributed by atoms with van der Waals surface area (Å²) >= 11 is 8.04. The van der Waals surface area contributed by atoms with Crippen molar-refractivity contribution in [2.45, 2.75) is 39.2 Å². The Bertz CT molecular complexity index is 262.